The van der Waals surface area contributed by atoms with Crippen LogP contribution >= 0.6 is 0 Å². The van der Waals surface area contributed by atoms with Gasteiger partial charge in [0.25, 0.3) is 10.0 Å². The van der Waals surface area contributed by atoms with Crippen LogP contribution in [0.25, 0.3) is 0 Å². The SMILES string of the molecule is O=[C]N(n1cccc1)S(=O)(=O)Cc1cccc(F)c1. The van der Waals surface area contributed by atoms with Gasteiger partial charge < -0.3 is 0 Å². The maximum atomic E-state index is 13.0. The van der Waals surface area contributed by atoms with Crippen LogP contribution < -0.4 is 4.41 Å². The summed E-state index contributed by atoms with van der Waals surface area (Å²) in [5.41, 5.74) is 0.257. The Kier molecular flexibility index (Phi) is 3.66. The number of hydrogen-bond acceptors (Lipinski definition) is 3. The predicted molar refractivity (Wildman–Crippen MR) is 67.4 cm³/mol. The number of benzene rings is 1. The predicted octanol–water partition coefficient (Wildman–Crippen LogP) is 1.16. The van der Waals surface area contributed by atoms with Crippen molar-refractivity contribution in [3.63, 3.8) is 0 Å². The molecule has 0 spiro atoms. The first-order valence-electron chi connectivity index (χ1n) is 5.31. The summed E-state index contributed by atoms with van der Waals surface area (Å²) in [6, 6.07) is 8.34. The molecule has 0 saturated heterocycles. The maximum Gasteiger partial charge on any atom is 0.348 e. The average molecular weight is 281 g/mol. The van der Waals surface area contributed by atoms with Gasteiger partial charge in [-0.3, -0.25) is 9.47 Å². The van der Waals surface area contributed by atoms with E-state index in [1.165, 1.54) is 37.0 Å². The van der Waals surface area contributed by atoms with Crippen molar-refractivity contribution in [2.24, 2.45) is 0 Å². The lowest BCUT2D eigenvalue weighted by Crippen LogP contribution is -2.39. The van der Waals surface area contributed by atoms with Crippen molar-refractivity contribution in [2.75, 3.05) is 4.41 Å². The van der Waals surface area contributed by atoms with E-state index in [2.05, 4.69) is 0 Å². The van der Waals surface area contributed by atoms with Crippen LogP contribution in [0, 0.1) is 5.82 Å². The van der Waals surface area contributed by atoms with Crippen molar-refractivity contribution in [3.05, 3.63) is 60.2 Å². The molecule has 0 saturated carbocycles. The van der Waals surface area contributed by atoms with Gasteiger partial charge in [0.1, 0.15) is 5.82 Å². The van der Waals surface area contributed by atoms with E-state index in [9.17, 15) is 17.6 Å². The molecule has 2 aromatic rings. The standard InChI is InChI=1S/C12H10FN2O3S/c13-12-5-3-4-11(8-12)9-19(17,18)15(10-16)14-6-1-2-7-14/h1-8H,9H2. The van der Waals surface area contributed by atoms with Gasteiger partial charge >= 0.3 is 6.41 Å². The number of carbonyl (C=O) groups excluding carboxylic acids is 1. The Bertz CT molecular complexity index is 668. The topological polar surface area (TPSA) is 59.4 Å². The van der Waals surface area contributed by atoms with Gasteiger partial charge in [-0.1, -0.05) is 12.1 Å². The van der Waals surface area contributed by atoms with E-state index in [-0.39, 0.29) is 5.56 Å². The van der Waals surface area contributed by atoms with Crippen LogP contribution in [0.2, 0.25) is 0 Å². The quantitative estimate of drug-likeness (QED) is 0.773. The van der Waals surface area contributed by atoms with Crippen LogP contribution in [-0.2, 0) is 20.6 Å². The normalized spacial score (nSPS) is 11.2. The van der Waals surface area contributed by atoms with Gasteiger partial charge in [0, 0.05) is 12.4 Å². The molecule has 0 N–H and O–H groups in total. The summed E-state index contributed by atoms with van der Waals surface area (Å²) in [6.45, 7) is 0. The molecule has 99 valence electrons. The Morgan fingerprint density at radius 1 is 1.21 bits per heavy atom. The summed E-state index contributed by atoms with van der Waals surface area (Å²) >= 11 is 0. The van der Waals surface area contributed by atoms with Crippen LogP contribution in [0.1, 0.15) is 5.56 Å². The van der Waals surface area contributed by atoms with Crippen LogP contribution in [0.3, 0.4) is 0 Å². The Hall–Kier alpha value is -2.15. The lowest BCUT2D eigenvalue weighted by Gasteiger charge is -2.17. The number of aromatic nitrogens is 1. The highest BCUT2D eigenvalue weighted by molar-refractivity contribution is 7.92. The van der Waals surface area contributed by atoms with Crippen molar-refractivity contribution in [1.82, 2.24) is 4.68 Å². The molecule has 5 nitrogen and oxygen atoms in total. The molecular formula is C12H10FN2O3S. The molecule has 0 fully saturated rings. The second kappa shape index (κ2) is 5.23. The van der Waals surface area contributed by atoms with Crippen LogP contribution in [0.15, 0.2) is 48.8 Å². The second-order valence-electron chi connectivity index (χ2n) is 3.78. The van der Waals surface area contributed by atoms with Crippen molar-refractivity contribution < 1.29 is 17.6 Å². The third-order valence-corrected chi connectivity index (χ3v) is 3.87. The fraction of sp³-hybridized carbons (Fsp3) is 0.0833. The number of nitrogens with zero attached hydrogens (tertiary/aromatic N) is 2. The van der Waals surface area contributed by atoms with Gasteiger partial charge in [0.15, 0.2) is 0 Å². The summed E-state index contributed by atoms with van der Waals surface area (Å²) in [7, 11) is -3.96. The number of sulfonamides is 1. The molecule has 0 unspecified atom stereocenters. The maximum absolute atomic E-state index is 13.0. The Morgan fingerprint density at radius 3 is 2.47 bits per heavy atom. The van der Waals surface area contributed by atoms with E-state index in [1.54, 1.807) is 12.1 Å². The fourth-order valence-corrected chi connectivity index (χ4v) is 2.83. The largest absolute Gasteiger partial charge is 0.348 e. The number of hydrogen-bond donors (Lipinski definition) is 0. The van der Waals surface area contributed by atoms with Crippen molar-refractivity contribution in [3.8, 4) is 0 Å². The van der Waals surface area contributed by atoms with E-state index in [0.29, 0.717) is 4.41 Å². The van der Waals surface area contributed by atoms with E-state index >= 15 is 0 Å². The number of rotatable bonds is 5. The Labute approximate surface area is 109 Å². The number of halogens is 1. The molecule has 0 aliphatic heterocycles. The molecule has 7 heteroatoms. The molecule has 0 bridgehead atoms. The van der Waals surface area contributed by atoms with Gasteiger partial charge in [-0.2, -0.15) is 0 Å². The summed E-state index contributed by atoms with van der Waals surface area (Å²) in [5.74, 6) is -1.02. The van der Waals surface area contributed by atoms with E-state index < -0.39 is 21.6 Å². The lowest BCUT2D eigenvalue weighted by atomic mass is 10.2. The smallest absolute Gasteiger partial charge is 0.260 e. The van der Waals surface area contributed by atoms with Gasteiger partial charge in [0.2, 0.25) is 0 Å². The monoisotopic (exact) mass is 281 g/mol. The summed E-state index contributed by atoms with van der Waals surface area (Å²) in [5, 5.41) is 0. The van der Waals surface area contributed by atoms with E-state index in [0.717, 1.165) is 10.7 Å². The van der Waals surface area contributed by atoms with Crippen molar-refractivity contribution in [2.45, 2.75) is 5.75 Å². The lowest BCUT2D eigenvalue weighted by molar-refractivity contribution is 0.540. The van der Waals surface area contributed by atoms with Crippen LogP contribution in [-0.4, -0.2) is 19.5 Å². The third-order valence-electron chi connectivity index (χ3n) is 2.38. The minimum atomic E-state index is -3.96. The number of amides is 1. The highest BCUT2D eigenvalue weighted by Gasteiger charge is 2.23. The molecule has 0 aliphatic carbocycles. The molecule has 19 heavy (non-hydrogen) atoms. The second-order valence-corrected chi connectivity index (χ2v) is 5.58. The minimum absolute atomic E-state index is 0.257. The van der Waals surface area contributed by atoms with Crippen molar-refractivity contribution in [1.29, 1.82) is 0 Å². The summed E-state index contributed by atoms with van der Waals surface area (Å²) in [6.07, 6.45) is 4.14. The molecule has 1 amide bonds. The molecule has 1 radical (unpaired) electrons. The zero-order valence-electron chi connectivity index (χ0n) is 9.73. The Balaban J connectivity index is 2.29. The summed E-state index contributed by atoms with van der Waals surface area (Å²) < 4.78 is 38.7. The van der Waals surface area contributed by atoms with E-state index in [1.807, 2.05) is 0 Å². The van der Waals surface area contributed by atoms with Gasteiger partial charge in [-0.05, 0) is 29.8 Å². The zero-order valence-corrected chi connectivity index (χ0v) is 10.5. The minimum Gasteiger partial charge on any atom is -0.260 e. The average Bonchev–Trinajstić information content (AvgIpc) is 2.82. The summed E-state index contributed by atoms with van der Waals surface area (Å²) in [4.78, 5) is 10.8. The fourth-order valence-electron chi connectivity index (χ4n) is 1.59. The molecule has 1 heterocycles. The third kappa shape index (κ3) is 3.00. The molecule has 0 atom stereocenters. The van der Waals surface area contributed by atoms with E-state index in [4.69, 9.17) is 0 Å². The highest BCUT2D eigenvalue weighted by Crippen LogP contribution is 2.11. The molecule has 2 rings (SSSR count). The Morgan fingerprint density at radius 2 is 1.89 bits per heavy atom. The van der Waals surface area contributed by atoms with Gasteiger partial charge in [0.05, 0.1) is 5.75 Å². The first-order chi connectivity index (χ1) is 9.03. The first-order valence-corrected chi connectivity index (χ1v) is 6.92. The molecule has 1 aromatic heterocycles. The van der Waals surface area contributed by atoms with Crippen molar-refractivity contribution >= 4 is 16.4 Å². The molecule has 1 aromatic carbocycles. The van der Waals surface area contributed by atoms with Gasteiger partial charge in [-0.25, -0.2) is 12.8 Å². The zero-order chi connectivity index (χ0) is 13.9. The highest BCUT2D eigenvalue weighted by atomic mass is 32.2. The van der Waals surface area contributed by atoms with Gasteiger partial charge in [-0.15, -0.1) is 4.41 Å². The molecule has 0 aliphatic rings. The van der Waals surface area contributed by atoms with Crippen LogP contribution in [0.5, 0.6) is 0 Å². The molecular weight excluding hydrogens is 271 g/mol. The first kappa shape index (κ1) is 13.3. The van der Waals surface area contributed by atoms with Crippen LogP contribution in [0.4, 0.5) is 4.39 Å².